The van der Waals surface area contributed by atoms with Gasteiger partial charge in [-0.25, -0.2) is 0 Å². The van der Waals surface area contributed by atoms with Crippen LogP contribution < -0.4 is 10.1 Å². The van der Waals surface area contributed by atoms with Crippen LogP contribution in [-0.4, -0.2) is 13.0 Å². The first kappa shape index (κ1) is 16.1. The summed E-state index contributed by atoms with van der Waals surface area (Å²) in [6, 6.07) is 14.1. The van der Waals surface area contributed by atoms with Gasteiger partial charge in [-0.15, -0.1) is 0 Å². The summed E-state index contributed by atoms with van der Waals surface area (Å²) in [7, 11) is 1.65. The van der Waals surface area contributed by atoms with Crippen molar-refractivity contribution in [2.24, 2.45) is 0 Å². The fourth-order valence-electron chi connectivity index (χ4n) is 2.47. The van der Waals surface area contributed by atoms with Crippen LogP contribution in [-0.2, 0) is 11.2 Å². The summed E-state index contributed by atoms with van der Waals surface area (Å²) in [5.74, 6) is 0.870. The molecule has 0 aromatic heterocycles. The van der Waals surface area contributed by atoms with Crippen molar-refractivity contribution in [3.05, 3.63) is 64.7 Å². The highest BCUT2D eigenvalue weighted by Gasteiger charge is 2.10. The van der Waals surface area contributed by atoms with Crippen molar-refractivity contribution in [1.29, 1.82) is 0 Å². The second-order valence-electron chi connectivity index (χ2n) is 5.68. The Morgan fingerprint density at radius 1 is 1.14 bits per heavy atom. The van der Waals surface area contributed by atoms with Gasteiger partial charge in [0.1, 0.15) is 5.75 Å². The maximum absolute atomic E-state index is 12.2. The molecule has 1 N–H and O–H groups in total. The number of carbonyl (C=O) groups excluding carboxylic acids is 1. The van der Waals surface area contributed by atoms with Crippen LogP contribution in [0.2, 0.25) is 0 Å². The molecule has 0 aliphatic rings. The molecule has 1 amide bonds. The first-order valence-electron chi connectivity index (χ1n) is 7.49. The zero-order chi connectivity index (χ0) is 16.1. The van der Waals surface area contributed by atoms with Crippen LogP contribution in [0, 0.1) is 13.8 Å². The lowest BCUT2D eigenvalue weighted by Crippen LogP contribution is -2.28. The molecule has 0 saturated carbocycles. The Morgan fingerprint density at radius 2 is 1.82 bits per heavy atom. The van der Waals surface area contributed by atoms with E-state index in [4.69, 9.17) is 4.74 Å². The number of hydrogen-bond acceptors (Lipinski definition) is 2. The molecule has 0 spiro atoms. The van der Waals surface area contributed by atoms with Gasteiger partial charge in [0.15, 0.2) is 0 Å². The lowest BCUT2D eigenvalue weighted by molar-refractivity contribution is -0.121. The number of nitrogens with one attached hydrogen (secondary N) is 1. The third kappa shape index (κ3) is 4.10. The maximum Gasteiger partial charge on any atom is 0.224 e. The van der Waals surface area contributed by atoms with Crippen LogP contribution in [0.15, 0.2) is 42.5 Å². The van der Waals surface area contributed by atoms with Crippen LogP contribution in [0.3, 0.4) is 0 Å². The molecule has 1 atom stereocenters. The lowest BCUT2D eigenvalue weighted by atomic mass is 10.0. The Labute approximate surface area is 132 Å². The van der Waals surface area contributed by atoms with Gasteiger partial charge in [0.05, 0.1) is 19.6 Å². The fraction of sp³-hybridized carbons (Fsp3) is 0.316. The predicted octanol–water partition coefficient (Wildman–Crippen LogP) is 3.73. The molecule has 0 fully saturated rings. The summed E-state index contributed by atoms with van der Waals surface area (Å²) in [5.41, 5.74) is 4.37. The average molecular weight is 297 g/mol. The van der Waals surface area contributed by atoms with E-state index in [1.165, 1.54) is 5.56 Å². The fourth-order valence-corrected chi connectivity index (χ4v) is 2.47. The molecule has 22 heavy (non-hydrogen) atoms. The van der Waals surface area contributed by atoms with Crippen molar-refractivity contribution in [2.75, 3.05) is 7.11 Å². The third-order valence-electron chi connectivity index (χ3n) is 3.78. The molecule has 2 rings (SSSR count). The highest BCUT2D eigenvalue weighted by atomic mass is 16.5. The normalized spacial score (nSPS) is 11.8. The SMILES string of the molecule is COc1ccc(CC(=O)NC(C)c2ccc(C)cc2)cc1C. The number of rotatable bonds is 5. The molecule has 0 heterocycles. The summed E-state index contributed by atoms with van der Waals surface area (Å²) in [6.45, 7) is 6.04. The molecule has 0 radical (unpaired) electrons. The van der Waals surface area contributed by atoms with Crippen molar-refractivity contribution in [3.63, 3.8) is 0 Å². The van der Waals surface area contributed by atoms with Crippen LogP contribution >= 0.6 is 0 Å². The van der Waals surface area contributed by atoms with Gasteiger partial charge >= 0.3 is 0 Å². The van der Waals surface area contributed by atoms with Gasteiger partial charge in [-0.2, -0.15) is 0 Å². The Hall–Kier alpha value is -2.29. The molecule has 2 aromatic carbocycles. The highest BCUT2D eigenvalue weighted by Crippen LogP contribution is 2.19. The molecule has 0 bridgehead atoms. The van der Waals surface area contributed by atoms with Crippen molar-refractivity contribution in [3.8, 4) is 5.75 Å². The van der Waals surface area contributed by atoms with Gasteiger partial charge in [-0.05, 0) is 43.5 Å². The van der Waals surface area contributed by atoms with Gasteiger partial charge < -0.3 is 10.1 Å². The minimum absolute atomic E-state index is 0.00689. The topological polar surface area (TPSA) is 38.3 Å². The van der Waals surface area contributed by atoms with E-state index >= 15 is 0 Å². The van der Waals surface area contributed by atoms with E-state index in [0.29, 0.717) is 6.42 Å². The Kier molecular flexibility index (Phi) is 5.21. The Morgan fingerprint density at radius 3 is 2.41 bits per heavy atom. The molecule has 3 heteroatoms. The average Bonchev–Trinajstić information content (AvgIpc) is 2.48. The third-order valence-corrected chi connectivity index (χ3v) is 3.78. The number of benzene rings is 2. The largest absolute Gasteiger partial charge is 0.496 e. The number of aryl methyl sites for hydroxylation is 2. The summed E-state index contributed by atoms with van der Waals surface area (Å²) in [6.07, 6.45) is 0.376. The molecule has 0 aliphatic heterocycles. The molecular formula is C19H23NO2. The zero-order valence-electron chi connectivity index (χ0n) is 13.6. The van der Waals surface area contributed by atoms with Crippen LogP contribution in [0.1, 0.15) is 35.2 Å². The van der Waals surface area contributed by atoms with E-state index in [1.807, 2.05) is 32.0 Å². The monoisotopic (exact) mass is 297 g/mol. The second kappa shape index (κ2) is 7.12. The van der Waals surface area contributed by atoms with Gasteiger partial charge in [0.2, 0.25) is 5.91 Å². The summed E-state index contributed by atoms with van der Waals surface area (Å²) < 4.78 is 5.24. The van der Waals surface area contributed by atoms with Crippen molar-refractivity contribution < 1.29 is 9.53 Å². The van der Waals surface area contributed by atoms with E-state index in [9.17, 15) is 4.79 Å². The van der Waals surface area contributed by atoms with E-state index in [-0.39, 0.29) is 11.9 Å². The van der Waals surface area contributed by atoms with Crippen LogP contribution in [0.4, 0.5) is 0 Å². The van der Waals surface area contributed by atoms with Gasteiger partial charge in [-0.1, -0.05) is 42.0 Å². The number of amides is 1. The molecular weight excluding hydrogens is 274 g/mol. The number of ether oxygens (including phenoxy) is 1. The smallest absolute Gasteiger partial charge is 0.224 e. The summed E-state index contributed by atoms with van der Waals surface area (Å²) in [4.78, 5) is 12.2. The van der Waals surface area contributed by atoms with E-state index in [1.54, 1.807) is 7.11 Å². The number of methoxy groups -OCH3 is 1. The van der Waals surface area contributed by atoms with Crippen molar-refractivity contribution >= 4 is 5.91 Å². The first-order chi connectivity index (χ1) is 10.5. The Bertz CT molecular complexity index is 647. The maximum atomic E-state index is 12.2. The second-order valence-corrected chi connectivity index (χ2v) is 5.68. The number of carbonyl (C=O) groups is 1. The van der Waals surface area contributed by atoms with E-state index in [0.717, 1.165) is 22.4 Å². The van der Waals surface area contributed by atoms with Gasteiger partial charge in [0, 0.05) is 0 Å². The molecule has 3 nitrogen and oxygen atoms in total. The predicted molar refractivity (Wildman–Crippen MR) is 89.2 cm³/mol. The van der Waals surface area contributed by atoms with Crippen LogP contribution in [0.5, 0.6) is 5.75 Å². The summed E-state index contributed by atoms with van der Waals surface area (Å²) >= 11 is 0. The number of hydrogen-bond donors (Lipinski definition) is 1. The van der Waals surface area contributed by atoms with Crippen LogP contribution in [0.25, 0.3) is 0 Å². The van der Waals surface area contributed by atoms with Gasteiger partial charge in [0.25, 0.3) is 0 Å². The quantitative estimate of drug-likeness (QED) is 0.913. The molecule has 0 saturated heterocycles. The van der Waals surface area contributed by atoms with Crippen molar-refractivity contribution in [1.82, 2.24) is 5.32 Å². The highest BCUT2D eigenvalue weighted by molar-refractivity contribution is 5.79. The molecule has 116 valence electrons. The molecule has 0 aliphatic carbocycles. The first-order valence-corrected chi connectivity index (χ1v) is 7.49. The van der Waals surface area contributed by atoms with E-state index in [2.05, 4.69) is 36.5 Å². The zero-order valence-corrected chi connectivity index (χ0v) is 13.6. The molecule has 2 aromatic rings. The molecule has 1 unspecified atom stereocenters. The lowest BCUT2D eigenvalue weighted by Gasteiger charge is -2.15. The Balaban J connectivity index is 1.97. The minimum atomic E-state index is 0.00689. The standard InChI is InChI=1S/C19H23NO2/c1-13-5-8-17(9-6-13)15(3)20-19(21)12-16-7-10-18(22-4)14(2)11-16/h5-11,15H,12H2,1-4H3,(H,20,21). The minimum Gasteiger partial charge on any atom is -0.496 e. The summed E-state index contributed by atoms with van der Waals surface area (Å²) in [5, 5.41) is 3.04. The van der Waals surface area contributed by atoms with Gasteiger partial charge in [-0.3, -0.25) is 4.79 Å². The van der Waals surface area contributed by atoms with Crippen molar-refractivity contribution in [2.45, 2.75) is 33.2 Å². The van der Waals surface area contributed by atoms with E-state index < -0.39 is 0 Å².